The summed E-state index contributed by atoms with van der Waals surface area (Å²) in [5.41, 5.74) is 1.21. The van der Waals surface area contributed by atoms with E-state index < -0.39 is 0 Å². The van der Waals surface area contributed by atoms with Crippen molar-refractivity contribution >= 4 is 11.6 Å². The summed E-state index contributed by atoms with van der Waals surface area (Å²) < 4.78 is 1.91. The lowest BCUT2D eigenvalue weighted by atomic mass is 10.3. The summed E-state index contributed by atoms with van der Waals surface area (Å²) in [4.78, 5) is 0. The van der Waals surface area contributed by atoms with Crippen LogP contribution in [0.2, 0.25) is 0 Å². The molecule has 0 spiro atoms. The van der Waals surface area contributed by atoms with Gasteiger partial charge in [0.05, 0.1) is 6.20 Å². The quantitative estimate of drug-likeness (QED) is 0.555. The van der Waals surface area contributed by atoms with E-state index in [1.54, 1.807) is 0 Å². The summed E-state index contributed by atoms with van der Waals surface area (Å²) in [7, 11) is 0. The second-order valence-corrected chi connectivity index (χ2v) is 2.95. The Morgan fingerprint density at radius 2 is 2.50 bits per heavy atom. The molecule has 1 rings (SSSR count). The molecule has 12 heavy (non-hydrogen) atoms. The predicted molar refractivity (Wildman–Crippen MR) is 50.3 cm³/mol. The van der Waals surface area contributed by atoms with E-state index in [-0.39, 0.29) is 0 Å². The molecule has 1 aromatic heterocycles. The lowest BCUT2D eigenvalue weighted by molar-refractivity contribution is 0.657. The van der Waals surface area contributed by atoms with Crippen LogP contribution in [0.1, 0.15) is 12.5 Å². The third-order valence-electron chi connectivity index (χ3n) is 1.61. The molecule has 0 aromatic carbocycles. The van der Waals surface area contributed by atoms with E-state index in [1.807, 2.05) is 17.1 Å². The van der Waals surface area contributed by atoms with Crippen LogP contribution >= 0.6 is 11.6 Å². The van der Waals surface area contributed by atoms with Crippen molar-refractivity contribution in [3.05, 3.63) is 18.0 Å². The van der Waals surface area contributed by atoms with Gasteiger partial charge in [0.15, 0.2) is 0 Å². The fourth-order valence-corrected chi connectivity index (χ4v) is 1.10. The number of alkyl halides is 1. The highest BCUT2D eigenvalue weighted by Gasteiger charge is 1.95. The molecule has 0 saturated heterocycles. The van der Waals surface area contributed by atoms with Crippen LogP contribution in [0, 0.1) is 0 Å². The molecule has 0 bridgehead atoms. The fourth-order valence-electron chi connectivity index (χ4n) is 0.970. The molecular formula is C8H14ClN3. The maximum absolute atomic E-state index is 5.52. The van der Waals surface area contributed by atoms with Crippen molar-refractivity contribution in [1.29, 1.82) is 0 Å². The van der Waals surface area contributed by atoms with E-state index in [2.05, 4.69) is 17.3 Å². The highest BCUT2D eigenvalue weighted by Crippen LogP contribution is 1.96. The summed E-state index contributed by atoms with van der Waals surface area (Å²) in [6, 6.07) is 0. The molecule has 0 saturated carbocycles. The Hall–Kier alpha value is -0.540. The molecule has 0 fully saturated rings. The van der Waals surface area contributed by atoms with Gasteiger partial charge in [-0.05, 0) is 6.92 Å². The minimum Gasteiger partial charge on any atom is -0.311 e. The number of aromatic nitrogens is 2. The SMILES string of the molecule is CCn1cc(CNCCCl)cn1. The van der Waals surface area contributed by atoms with Crippen molar-refractivity contribution in [2.24, 2.45) is 0 Å². The van der Waals surface area contributed by atoms with Crippen molar-refractivity contribution in [3.63, 3.8) is 0 Å². The minimum atomic E-state index is 0.655. The topological polar surface area (TPSA) is 29.9 Å². The fraction of sp³-hybridized carbons (Fsp3) is 0.625. The van der Waals surface area contributed by atoms with E-state index in [0.717, 1.165) is 19.6 Å². The van der Waals surface area contributed by atoms with Gasteiger partial charge in [-0.2, -0.15) is 5.10 Å². The average molecular weight is 188 g/mol. The summed E-state index contributed by atoms with van der Waals surface area (Å²) in [5.74, 6) is 0.655. The zero-order valence-corrected chi connectivity index (χ0v) is 8.01. The zero-order chi connectivity index (χ0) is 8.81. The first kappa shape index (κ1) is 9.55. The smallest absolute Gasteiger partial charge is 0.0534 e. The number of halogens is 1. The Morgan fingerprint density at radius 3 is 3.08 bits per heavy atom. The number of hydrogen-bond donors (Lipinski definition) is 1. The van der Waals surface area contributed by atoms with Gasteiger partial charge in [0.1, 0.15) is 0 Å². The molecule has 4 heteroatoms. The molecule has 0 aliphatic rings. The maximum Gasteiger partial charge on any atom is 0.0534 e. The first-order chi connectivity index (χ1) is 5.86. The normalized spacial score (nSPS) is 10.5. The summed E-state index contributed by atoms with van der Waals surface area (Å²) >= 11 is 5.52. The molecule has 0 amide bonds. The Labute approximate surface area is 77.7 Å². The minimum absolute atomic E-state index is 0.655. The van der Waals surface area contributed by atoms with Crippen LogP contribution < -0.4 is 5.32 Å². The van der Waals surface area contributed by atoms with Crippen LogP contribution in [0.25, 0.3) is 0 Å². The van der Waals surface area contributed by atoms with E-state index in [9.17, 15) is 0 Å². The molecule has 3 nitrogen and oxygen atoms in total. The van der Waals surface area contributed by atoms with Gasteiger partial charge in [0, 0.05) is 37.3 Å². The van der Waals surface area contributed by atoms with Crippen LogP contribution in [-0.4, -0.2) is 22.2 Å². The molecule has 0 atom stereocenters. The van der Waals surface area contributed by atoms with Gasteiger partial charge in [0.25, 0.3) is 0 Å². The maximum atomic E-state index is 5.52. The third kappa shape index (κ3) is 2.83. The molecular weight excluding hydrogens is 174 g/mol. The van der Waals surface area contributed by atoms with Crippen molar-refractivity contribution in [2.45, 2.75) is 20.0 Å². The highest BCUT2D eigenvalue weighted by molar-refractivity contribution is 6.18. The van der Waals surface area contributed by atoms with Crippen LogP contribution in [0.15, 0.2) is 12.4 Å². The van der Waals surface area contributed by atoms with Gasteiger partial charge in [-0.15, -0.1) is 11.6 Å². The van der Waals surface area contributed by atoms with Crippen molar-refractivity contribution in [2.75, 3.05) is 12.4 Å². The monoisotopic (exact) mass is 187 g/mol. The molecule has 0 aliphatic carbocycles. The summed E-state index contributed by atoms with van der Waals surface area (Å²) in [5, 5.41) is 7.36. The van der Waals surface area contributed by atoms with Gasteiger partial charge in [-0.25, -0.2) is 0 Å². The number of hydrogen-bond acceptors (Lipinski definition) is 2. The Balaban J connectivity index is 2.31. The first-order valence-corrected chi connectivity index (χ1v) is 4.68. The summed E-state index contributed by atoms with van der Waals surface area (Å²) in [6.45, 7) is 4.70. The molecule has 0 radical (unpaired) electrons. The molecule has 1 aromatic rings. The Morgan fingerprint density at radius 1 is 1.67 bits per heavy atom. The van der Waals surface area contributed by atoms with Crippen LogP contribution in [0.5, 0.6) is 0 Å². The van der Waals surface area contributed by atoms with Gasteiger partial charge in [-0.3, -0.25) is 4.68 Å². The summed E-state index contributed by atoms with van der Waals surface area (Å²) in [6.07, 6.45) is 3.92. The average Bonchev–Trinajstić information content (AvgIpc) is 2.53. The lowest BCUT2D eigenvalue weighted by Crippen LogP contribution is -2.15. The number of aryl methyl sites for hydroxylation is 1. The second kappa shape index (κ2) is 5.17. The largest absolute Gasteiger partial charge is 0.311 e. The van der Waals surface area contributed by atoms with Crippen LogP contribution in [-0.2, 0) is 13.1 Å². The second-order valence-electron chi connectivity index (χ2n) is 2.57. The third-order valence-corrected chi connectivity index (χ3v) is 1.80. The number of nitrogens with one attached hydrogen (secondary N) is 1. The van der Waals surface area contributed by atoms with E-state index in [4.69, 9.17) is 11.6 Å². The van der Waals surface area contributed by atoms with Crippen LogP contribution in [0.4, 0.5) is 0 Å². The van der Waals surface area contributed by atoms with E-state index >= 15 is 0 Å². The van der Waals surface area contributed by atoms with Crippen molar-refractivity contribution in [1.82, 2.24) is 15.1 Å². The van der Waals surface area contributed by atoms with Gasteiger partial charge < -0.3 is 5.32 Å². The lowest BCUT2D eigenvalue weighted by Gasteiger charge is -1.97. The molecule has 1 heterocycles. The van der Waals surface area contributed by atoms with E-state index in [0.29, 0.717) is 5.88 Å². The molecule has 1 N–H and O–H groups in total. The number of rotatable bonds is 5. The van der Waals surface area contributed by atoms with Gasteiger partial charge >= 0.3 is 0 Å². The van der Waals surface area contributed by atoms with Crippen molar-refractivity contribution in [3.8, 4) is 0 Å². The number of nitrogens with zero attached hydrogens (tertiary/aromatic N) is 2. The molecule has 0 aliphatic heterocycles. The molecule has 68 valence electrons. The van der Waals surface area contributed by atoms with Gasteiger partial charge in [-0.1, -0.05) is 0 Å². The van der Waals surface area contributed by atoms with Gasteiger partial charge in [0.2, 0.25) is 0 Å². The Kier molecular flexibility index (Phi) is 4.11. The Bertz CT molecular complexity index is 222. The standard InChI is InChI=1S/C8H14ClN3/c1-2-12-7-8(6-11-12)5-10-4-3-9/h6-7,10H,2-5H2,1H3. The molecule has 0 unspecified atom stereocenters. The zero-order valence-electron chi connectivity index (χ0n) is 7.26. The van der Waals surface area contributed by atoms with Crippen LogP contribution in [0.3, 0.4) is 0 Å². The highest BCUT2D eigenvalue weighted by atomic mass is 35.5. The van der Waals surface area contributed by atoms with E-state index in [1.165, 1.54) is 5.56 Å². The first-order valence-electron chi connectivity index (χ1n) is 4.15. The van der Waals surface area contributed by atoms with Crippen molar-refractivity contribution < 1.29 is 0 Å². The predicted octanol–water partition coefficient (Wildman–Crippen LogP) is 1.23.